The van der Waals surface area contributed by atoms with E-state index < -0.39 is 44.5 Å². The van der Waals surface area contributed by atoms with Crippen LogP contribution in [0, 0.1) is 0 Å². The third-order valence-corrected chi connectivity index (χ3v) is 3.20. The van der Waals surface area contributed by atoms with Crippen molar-refractivity contribution in [2.45, 2.75) is 38.9 Å². The topological polar surface area (TPSA) is 45.5 Å². The van der Waals surface area contributed by atoms with Crippen molar-refractivity contribution < 1.29 is 23.6 Å². The van der Waals surface area contributed by atoms with Gasteiger partial charge in [-0.25, -0.2) is 4.98 Å². The first kappa shape index (κ1) is 6.25. The zero-order valence-corrected chi connectivity index (χ0v) is 10.2. The van der Waals surface area contributed by atoms with Gasteiger partial charge in [0.2, 0.25) is 0 Å². The van der Waals surface area contributed by atoms with E-state index in [2.05, 4.69) is 9.72 Å². The van der Waals surface area contributed by atoms with Gasteiger partial charge in [-0.1, -0.05) is 0 Å². The van der Waals surface area contributed by atoms with Crippen molar-refractivity contribution in [2.24, 2.45) is 6.98 Å². The van der Waals surface area contributed by atoms with Crippen molar-refractivity contribution in [2.75, 3.05) is 7.04 Å². The minimum absolute atomic E-state index is 0.149. The van der Waals surface area contributed by atoms with E-state index in [-0.39, 0.29) is 5.59 Å². The van der Waals surface area contributed by atoms with Crippen LogP contribution in [0.1, 0.15) is 37.3 Å². The number of hydrogen-bond acceptors (Lipinski definition) is 4. The fraction of sp³-hybridized carbons (Fsp3) is 0.727. The second kappa shape index (κ2) is 3.75. The monoisotopic (exact) mass is 245 g/mol. The lowest BCUT2D eigenvalue weighted by molar-refractivity contribution is 0.00578. The Kier molecular flexibility index (Phi) is 1.38. The van der Waals surface area contributed by atoms with Gasteiger partial charge in [0.15, 0.2) is 0 Å². The van der Waals surface area contributed by atoms with E-state index in [1.54, 1.807) is 27.7 Å². The third-order valence-electron chi connectivity index (χ3n) is 3.20. The standard InChI is InChI=1S/C11H19BN2O3/c1-10(2)11(3,4)17-12(16-10)8-7-14(5)9(13-8)15-6/h7H,1-6H3/i5D3,6D3,7D. The van der Waals surface area contributed by atoms with Gasteiger partial charge in [-0.15, -0.1) is 0 Å². The maximum Gasteiger partial charge on any atom is 0.516 e. The van der Waals surface area contributed by atoms with E-state index in [9.17, 15) is 0 Å². The average Bonchev–Trinajstić information content (AvgIpc) is 2.70. The zero-order valence-electron chi connectivity index (χ0n) is 17.2. The molecule has 0 N–H and O–H groups in total. The predicted octanol–water partition coefficient (Wildman–Crippen LogP) is 0.728. The highest BCUT2D eigenvalue weighted by molar-refractivity contribution is 6.61. The molecule has 1 fully saturated rings. The van der Waals surface area contributed by atoms with Gasteiger partial charge in [0, 0.05) is 17.3 Å². The molecule has 94 valence electrons. The van der Waals surface area contributed by atoms with Crippen LogP contribution in [-0.4, -0.2) is 34.9 Å². The van der Waals surface area contributed by atoms with Crippen LogP contribution in [0.4, 0.5) is 0 Å². The Morgan fingerprint density at radius 2 is 2.06 bits per heavy atom. The number of aromatic nitrogens is 2. The van der Waals surface area contributed by atoms with E-state index >= 15 is 0 Å². The first-order valence-electron chi connectivity index (χ1n) is 8.69. The highest BCUT2D eigenvalue weighted by Crippen LogP contribution is 2.36. The lowest BCUT2D eigenvalue weighted by atomic mass is 9.86. The number of imidazole rings is 1. The van der Waals surface area contributed by atoms with Gasteiger partial charge in [0.1, 0.15) is 0 Å². The van der Waals surface area contributed by atoms with Gasteiger partial charge in [0.25, 0.3) is 6.01 Å². The van der Waals surface area contributed by atoms with Crippen LogP contribution < -0.4 is 10.3 Å². The van der Waals surface area contributed by atoms with Crippen molar-refractivity contribution in [1.29, 1.82) is 0 Å². The van der Waals surface area contributed by atoms with E-state index in [0.29, 0.717) is 4.57 Å². The highest BCUT2D eigenvalue weighted by atomic mass is 16.7. The van der Waals surface area contributed by atoms with E-state index in [1.807, 2.05) is 0 Å². The summed E-state index contributed by atoms with van der Waals surface area (Å²) in [6.07, 6.45) is -0.548. The van der Waals surface area contributed by atoms with Crippen molar-refractivity contribution in [3.63, 3.8) is 0 Å². The smallest absolute Gasteiger partial charge is 0.468 e. The Morgan fingerprint density at radius 1 is 1.41 bits per heavy atom. The van der Waals surface area contributed by atoms with Crippen LogP contribution in [-0.2, 0) is 16.3 Å². The van der Waals surface area contributed by atoms with Gasteiger partial charge in [-0.05, 0) is 27.7 Å². The molecule has 0 atom stereocenters. The first-order chi connectivity index (χ1) is 10.6. The first-order valence-corrected chi connectivity index (χ1v) is 5.19. The van der Waals surface area contributed by atoms with Gasteiger partial charge in [-0.3, -0.25) is 0 Å². The molecule has 0 spiro atoms. The van der Waals surface area contributed by atoms with E-state index in [4.69, 9.17) is 18.9 Å². The summed E-state index contributed by atoms with van der Waals surface area (Å²) in [5.41, 5.74) is -1.60. The summed E-state index contributed by atoms with van der Waals surface area (Å²) in [5.74, 6) is 0. The molecule has 0 saturated carbocycles. The molecule has 1 aromatic rings. The molecule has 2 rings (SSSR count). The molecule has 0 unspecified atom stereocenters. The van der Waals surface area contributed by atoms with Gasteiger partial charge in [-0.2, -0.15) is 0 Å². The van der Waals surface area contributed by atoms with Crippen LogP contribution in [0.25, 0.3) is 0 Å². The number of methoxy groups -OCH3 is 1. The maximum absolute atomic E-state index is 8.07. The Morgan fingerprint density at radius 3 is 2.59 bits per heavy atom. The lowest BCUT2D eigenvalue weighted by Gasteiger charge is -2.32. The van der Waals surface area contributed by atoms with Crippen LogP contribution in [0.2, 0.25) is 0 Å². The molecule has 2 heterocycles. The Hall–Kier alpha value is -1.01. The summed E-state index contributed by atoms with van der Waals surface area (Å²) in [7, 11) is -4.02. The molecule has 1 aromatic heterocycles. The second-order valence-electron chi connectivity index (χ2n) is 4.92. The number of hydrogen-bond donors (Lipinski definition) is 0. The minimum Gasteiger partial charge on any atom is -0.468 e. The van der Waals surface area contributed by atoms with Crippen molar-refractivity contribution in [3.8, 4) is 6.01 Å². The van der Waals surface area contributed by atoms with Gasteiger partial charge >= 0.3 is 7.12 Å². The molecule has 5 nitrogen and oxygen atoms in total. The molecule has 0 aromatic carbocycles. The third kappa shape index (κ3) is 1.95. The summed E-state index contributed by atoms with van der Waals surface area (Å²) >= 11 is 0. The van der Waals surface area contributed by atoms with Crippen LogP contribution in [0.3, 0.4) is 0 Å². The van der Waals surface area contributed by atoms with Crippen molar-refractivity contribution in [1.82, 2.24) is 9.55 Å². The molecule has 6 heteroatoms. The molecule has 1 saturated heterocycles. The van der Waals surface area contributed by atoms with E-state index in [0.717, 1.165) is 0 Å². The predicted molar refractivity (Wildman–Crippen MR) is 65.5 cm³/mol. The lowest BCUT2D eigenvalue weighted by Crippen LogP contribution is -2.41. The largest absolute Gasteiger partial charge is 0.516 e. The van der Waals surface area contributed by atoms with Crippen molar-refractivity contribution >= 4 is 12.7 Å². The number of rotatable bonds is 2. The summed E-state index contributed by atoms with van der Waals surface area (Å²) in [6, 6.07) is -0.704. The summed E-state index contributed by atoms with van der Waals surface area (Å²) in [6.45, 7) is 4.31. The van der Waals surface area contributed by atoms with Crippen LogP contribution >= 0.6 is 0 Å². The Bertz CT molecular complexity index is 623. The van der Waals surface area contributed by atoms with Crippen LogP contribution in [0.15, 0.2) is 6.17 Å². The summed E-state index contributed by atoms with van der Waals surface area (Å²) in [4.78, 5) is 3.86. The molecule has 0 amide bonds. The maximum atomic E-state index is 8.07. The van der Waals surface area contributed by atoms with Gasteiger partial charge < -0.3 is 18.6 Å². The number of ether oxygens (including phenoxy) is 1. The second-order valence-corrected chi connectivity index (χ2v) is 4.92. The molecular formula is C11H19BN2O3. The fourth-order valence-corrected chi connectivity index (χ4v) is 1.47. The summed E-state index contributed by atoms with van der Waals surface area (Å²) in [5, 5.41) is 0. The normalized spacial score (nSPS) is 29.4. The fourth-order valence-electron chi connectivity index (χ4n) is 1.47. The SMILES string of the molecule is [2H]c1c(B2OC(C)(C)C(C)(C)O2)nc(OC([2H])([2H])[2H])n1C([2H])([2H])[2H]. The minimum atomic E-state index is -2.91. The quantitative estimate of drug-likeness (QED) is 0.720. The molecule has 17 heavy (non-hydrogen) atoms. The molecule has 1 aliphatic rings. The molecule has 0 radical (unpaired) electrons. The molecular weight excluding hydrogens is 219 g/mol. The van der Waals surface area contributed by atoms with Crippen LogP contribution in [0.5, 0.6) is 6.01 Å². The van der Waals surface area contributed by atoms with E-state index in [1.165, 1.54) is 0 Å². The molecule has 1 aliphatic heterocycles. The molecule has 0 bridgehead atoms. The highest BCUT2D eigenvalue weighted by Gasteiger charge is 2.52. The molecule has 0 aliphatic carbocycles. The van der Waals surface area contributed by atoms with Gasteiger partial charge in [0.05, 0.1) is 29.3 Å². The Balaban J connectivity index is 2.50. The van der Waals surface area contributed by atoms with Crippen molar-refractivity contribution in [3.05, 3.63) is 6.17 Å². The average molecular weight is 245 g/mol. The zero-order chi connectivity index (χ0) is 18.7. The summed E-state index contributed by atoms with van der Waals surface area (Å²) < 4.78 is 68.5. The Labute approximate surface area is 112 Å². The number of nitrogens with zero attached hydrogens (tertiary/aromatic N) is 2.